The number of nitrogens with one attached hydrogen (secondary N) is 1. The van der Waals surface area contributed by atoms with Gasteiger partial charge in [-0.25, -0.2) is 0 Å². The molecule has 1 saturated carbocycles. The molecule has 1 aromatic rings. The molecule has 1 aliphatic carbocycles. The van der Waals surface area contributed by atoms with E-state index in [0.717, 1.165) is 26.4 Å². The van der Waals surface area contributed by atoms with Gasteiger partial charge in [0, 0.05) is 20.1 Å². The Bertz CT molecular complexity index is 418. The van der Waals surface area contributed by atoms with Gasteiger partial charge in [-0.2, -0.15) is 0 Å². The second-order valence-electron chi connectivity index (χ2n) is 4.03. The fourth-order valence-electron chi connectivity index (χ4n) is 1.71. The Balaban J connectivity index is 2.05. The number of hydrogen-bond acceptors (Lipinski definition) is 2. The molecule has 3 N–H and O–H groups in total. The summed E-state index contributed by atoms with van der Waals surface area (Å²) >= 11 is 5.53. The molecule has 0 unspecified atom stereocenters. The summed E-state index contributed by atoms with van der Waals surface area (Å²) in [4.78, 5) is 12.0. The summed E-state index contributed by atoms with van der Waals surface area (Å²) in [6.45, 7) is 0. The smallest absolute Gasteiger partial charge is 0.252 e. The SMILES string of the molecule is NC1CC(NC(=O)c2cc(Br)ccc2I)C1. The average Bonchev–Trinajstić information content (AvgIpc) is 2.19. The van der Waals surface area contributed by atoms with Crippen LogP contribution in [0.25, 0.3) is 0 Å². The average molecular weight is 395 g/mol. The second-order valence-corrected chi connectivity index (χ2v) is 6.10. The summed E-state index contributed by atoms with van der Waals surface area (Å²) in [6, 6.07) is 6.20. The molecule has 0 bridgehead atoms. The largest absolute Gasteiger partial charge is 0.349 e. The molecule has 0 aliphatic heterocycles. The maximum absolute atomic E-state index is 12.0. The van der Waals surface area contributed by atoms with E-state index < -0.39 is 0 Å². The predicted molar refractivity (Wildman–Crippen MR) is 75.3 cm³/mol. The van der Waals surface area contributed by atoms with Crippen molar-refractivity contribution in [1.29, 1.82) is 0 Å². The second kappa shape index (κ2) is 5.01. The number of amides is 1. The first-order chi connectivity index (χ1) is 7.56. The van der Waals surface area contributed by atoms with Crippen molar-refractivity contribution in [2.75, 3.05) is 0 Å². The van der Waals surface area contributed by atoms with Gasteiger partial charge >= 0.3 is 0 Å². The minimum absolute atomic E-state index is 0.0115. The Hall–Kier alpha value is -0.140. The maximum Gasteiger partial charge on any atom is 0.252 e. The van der Waals surface area contributed by atoms with Gasteiger partial charge in [0.15, 0.2) is 0 Å². The van der Waals surface area contributed by atoms with Crippen molar-refractivity contribution < 1.29 is 4.79 Å². The summed E-state index contributed by atoms with van der Waals surface area (Å²) < 4.78 is 1.88. The lowest BCUT2D eigenvalue weighted by Crippen LogP contribution is -2.50. The number of hydrogen-bond donors (Lipinski definition) is 2. The topological polar surface area (TPSA) is 55.1 Å². The first kappa shape index (κ1) is 12.3. The fraction of sp³-hybridized carbons (Fsp3) is 0.364. The normalized spacial score (nSPS) is 23.7. The summed E-state index contributed by atoms with van der Waals surface area (Å²) in [6.07, 6.45) is 1.77. The molecule has 0 atom stereocenters. The summed E-state index contributed by atoms with van der Waals surface area (Å²) in [5.41, 5.74) is 6.40. The monoisotopic (exact) mass is 394 g/mol. The first-order valence-electron chi connectivity index (χ1n) is 5.08. The van der Waals surface area contributed by atoms with Crippen LogP contribution in [0.4, 0.5) is 0 Å². The van der Waals surface area contributed by atoms with Gasteiger partial charge in [0.2, 0.25) is 0 Å². The third-order valence-electron chi connectivity index (χ3n) is 2.68. The molecule has 86 valence electrons. The summed E-state index contributed by atoms with van der Waals surface area (Å²) in [7, 11) is 0. The van der Waals surface area contributed by atoms with E-state index in [0.29, 0.717) is 0 Å². The van der Waals surface area contributed by atoms with E-state index in [4.69, 9.17) is 5.73 Å². The van der Waals surface area contributed by atoms with Crippen LogP contribution in [-0.2, 0) is 0 Å². The van der Waals surface area contributed by atoms with Crippen LogP contribution in [0.1, 0.15) is 23.2 Å². The van der Waals surface area contributed by atoms with Gasteiger partial charge in [0.05, 0.1) is 5.56 Å². The highest BCUT2D eigenvalue weighted by Gasteiger charge is 2.27. The van der Waals surface area contributed by atoms with E-state index in [1.165, 1.54) is 0 Å². The third-order valence-corrected chi connectivity index (χ3v) is 4.12. The van der Waals surface area contributed by atoms with E-state index in [-0.39, 0.29) is 18.0 Å². The standard InChI is InChI=1S/C11H12BrIN2O/c12-6-1-2-10(13)9(3-6)11(16)15-8-4-7(14)5-8/h1-3,7-8H,4-5,14H2,(H,15,16). The van der Waals surface area contributed by atoms with Crippen LogP contribution in [0, 0.1) is 3.57 Å². The molecule has 0 heterocycles. The molecule has 1 fully saturated rings. The van der Waals surface area contributed by atoms with Gasteiger partial charge in [0.25, 0.3) is 5.91 Å². The van der Waals surface area contributed by atoms with Crippen LogP contribution in [0.15, 0.2) is 22.7 Å². The van der Waals surface area contributed by atoms with Gasteiger partial charge in [-0.3, -0.25) is 4.79 Å². The van der Waals surface area contributed by atoms with Crippen LogP contribution >= 0.6 is 38.5 Å². The number of carbonyl (C=O) groups is 1. The summed E-state index contributed by atoms with van der Waals surface area (Å²) in [5.74, 6) is -0.0115. The molecule has 2 rings (SSSR count). The van der Waals surface area contributed by atoms with Crippen LogP contribution < -0.4 is 11.1 Å². The highest BCUT2D eigenvalue weighted by molar-refractivity contribution is 14.1. The Labute approximate surface area is 116 Å². The van der Waals surface area contributed by atoms with Crippen molar-refractivity contribution in [1.82, 2.24) is 5.32 Å². The first-order valence-corrected chi connectivity index (χ1v) is 6.95. The molecule has 0 spiro atoms. The minimum atomic E-state index is -0.0115. The molecule has 16 heavy (non-hydrogen) atoms. The molecule has 3 nitrogen and oxygen atoms in total. The molecule has 0 radical (unpaired) electrons. The zero-order valence-corrected chi connectivity index (χ0v) is 12.3. The number of rotatable bonds is 2. The van der Waals surface area contributed by atoms with Crippen LogP contribution in [-0.4, -0.2) is 18.0 Å². The molecular formula is C11H12BrIN2O. The molecule has 0 aromatic heterocycles. The highest BCUT2D eigenvalue weighted by Crippen LogP contribution is 2.21. The number of nitrogens with two attached hydrogens (primary N) is 1. The van der Waals surface area contributed by atoms with E-state index in [9.17, 15) is 4.79 Å². The molecule has 0 saturated heterocycles. The molecule has 1 amide bonds. The highest BCUT2D eigenvalue weighted by atomic mass is 127. The van der Waals surface area contributed by atoms with Crippen molar-refractivity contribution in [3.05, 3.63) is 31.8 Å². The number of benzene rings is 1. The fourth-order valence-corrected chi connectivity index (χ4v) is 2.66. The molecule has 1 aromatic carbocycles. The van der Waals surface area contributed by atoms with Crippen molar-refractivity contribution in [3.63, 3.8) is 0 Å². The quantitative estimate of drug-likeness (QED) is 0.756. The van der Waals surface area contributed by atoms with E-state index in [1.807, 2.05) is 18.2 Å². The van der Waals surface area contributed by atoms with Crippen LogP contribution in [0.5, 0.6) is 0 Å². The number of carbonyl (C=O) groups excluding carboxylic acids is 1. The van der Waals surface area contributed by atoms with Crippen LogP contribution in [0.2, 0.25) is 0 Å². The Morgan fingerprint density at radius 3 is 2.81 bits per heavy atom. The van der Waals surface area contributed by atoms with Gasteiger partial charge in [-0.05, 0) is 53.6 Å². The van der Waals surface area contributed by atoms with E-state index in [2.05, 4.69) is 43.8 Å². The Morgan fingerprint density at radius 1 is 1.50 bits per heavy atom. The minimum Gasteiger partial charge on any atom is -0.349 e. The summed E-state index contributed by atoms with van der Waals surface area (Å²) in [5, 5.41) is 2.99. The Morgan fingerprint density at radius 2 is 2.19 bits per heavy atom. The van der Waals surface area contributed by atoms with Gasteiger partial charge in [0.1, 0.15) is 0 Å². The van der Waals surface area contributed by atoms with E-state index in [1.54, 1.807) is 0 Å². The van der Waals surface area contributed by atoms with Gasteiger partial charge in [-0.1, -0.05) is 15.9 Å². The van der Waals surface area contributed by atoms with Crippen LogP contribution in [0.3, 0.4) is 0 Å². The van der Waals surface area contributed by atoms with Gasteiger partial charge < -0.3 is 11.1 Å². The lowest BCUT2D eigenvalue weighted by Gasteiger charge is -2.33. The van der Waals surface area contributed by atoms with Gasteiger partial charge in [-0.15, -0.1) is 0 Å². The zero-order chi connectivity index (χ0) is 11.7. The number of halogens is 2. The van der Waals surface area contributed by atoms with Crippen molar-refractivity contribution in [2.24, 2.45) is 5.73 Å². The molecule has 5 heteroatoms. The van der Waals surface area contributed by atoms with Crippen molar-refractivity contribution in [2.45, 2.75) is 24.9 Å². The van der Waals surface area contributed by atoms with Crippen molar-refractivity contribution in [3.8, 4) is 0 Å². The predicted octanol–water partition coefficient (Wildman–Crippen LogP) is 2.27. The lowest BCUT2D eigenvalue weighted by atomic mass is 9.87. The molecule has 1 aliphatic rings. The third kappa shape index (κ3) is 2.75. The Kier molecular flexibility index (Phi) is 3.86. The van der Waals surface area contributed by atoms with E-state index >= 15 is 0 Å². The van der Waals surface area contributed by atoms with Crippen molar-refractivity contribution >= 4 is 44.4 Å². The lowest BCUT2D eigenvalue weighted by molar-refractivity contribution is 0.0909. The molecular weight excluding hydrogens is 383 g/mol. The zero-order valence-electron chi connectivity index (χ0n) is 8.54. The maximum atomic E-state index is 12.0.